The number of fused-ring (bicyclic) bond motifs is 2. The molecule has 1 saturated carbocycles. The van der Waals surface area contributed by atoms with Crippen molar-refractivity contribution in [2.75, 3.05) is 5.32 Å². The van der Waals surface area contributed by atoms with Crippen molar-refractivity contribution in [1.29, 1.82) is 0 Å². The molecule has 0 aromatic heterocycles. The third-order valence-corrected chi connectivity index (χ3v) is 8.92. The molecule has 1 spiro atoms. The molecule has 0 amide bonds. The zero-order valence-corrected chi connectivity index (χ0v) is 23.1. The molecular formula is C29H34FN3O5S. The second-order valence-corrected chi connectivity index (χ2v) is 11.7. The van der Waals surface area contributed by atoms with Gasteiger partial charge >= 0.3 is 0 Å². The van der Waals surface area contributed by atoms with E-state index in [9.17, 15) is 4.39 Å². The van der Waals surface area contributed by atoms with Crippen LogP contribution in [-0.2, 0) is 19.2 Å². The van der Waals surface area contributed by atoms with Gasteiger partial charge in [0.05, 0.1) is 11.9 Å². The molecule has 10 heteroatoms. The van der Waals surface area contributed by atoms with E-state index in [2.05, 4.69) is 29.7 Å². The first-order chi connectivity index (χ1) is 18.8. The minimum Gasteiger partial charge on any atom is -0.465 e. The van der Waals surface area contributed by atoms with Crippen LogP contribution in [0.2, 0.25) is 0 Å². The molecule has 2 aromatic rings. The molecule has 2 N–H and O–H groups in total. The van der Waals surface area contributed by atoms with Crippen molar-refractivity contribution in [1.82, 2.24) is 5.43 Å². The maximum Gasteiger partial charge on any atom is 0.205 e. The van der Waals surface area contributed by atoms with Crippen molar-refractivity contribution in [3.63, 3.8) is 0 Å². The summed E-state index contributed by atoms with van der Waals surface area (Å²) in [6, 6.07) is 13.8. The van der Waals surface area contributed by atoms with Gasteiger partial charge in [-0.15, -0.1) is 0 Å². The Balaban J connectivity index is 1.10. The van der Waals surface area contributed by atoms with Crippen molar-refractivity contribution >= 4 is 29.2 Å². The van der Waals surface area contributed by atoms with Crippen LogP contribution >= 0.6 is 12.2 Å². The number of anilines is 1. The van der Waals surface area contributed by atoms with Gasteiger partial charge in [0.25, 0.3) is 0 Å². The van der Waals surface area contributed by atoms with Crippen LogP contribution in [0, 0.1) is 29.5 Å². The molecule has 0 unspecified atom stereocenters. The van der Waals surface area contributed by atoms with Crippen LogP contribution in [0.15, 0.2) is 53.6 Å². The monoisotopic (exact) mass is 555 g/mol. The molecule has 5 aliphatic rings. The summed E-state index contributed by atoms with van der Waals surface area (Å²) >= 11 is 5.18. The lowest BCUT2D eigenvalue weighted by Crippen LogP contribution is -2.70. The van der Waals surface area contributed by atoms with Crippen LogP contribution in [0.3, 0.4) is 0 Å². The van der Waals surface area contributed by atoms with Crippen molar-refractivity contribution in [2.24, 2.45) is 28.8 Å². The van der Waals surface area contributed by atoms with Crippen LogP contribution < -0.4 is 15.5 Å². The number of benzene rings is 2. The van der Waals surface area contributed by atoms with Crippen molar-refractivity contribution in [2.45, 2.75) is 70.4 Å². The predicted molar refractivity (Wildman–Crippen MR) is 147 cm³/mol. The number of thiocarbonyl (C=S) groups is 1. The molecule has 2 aromatic carbocycles. The molecule has 8 nitrogen and oxygen atoms in total. The first-order valence-electron chi connectivity index (χ1n) is 13.6. The highest BCUT2D eigenvalue weighted by molar-refractivity contribution is 7.80. The SMILES string of the molecule is C[C@H]1[C@@H](Oc2ccc(/C=N/NC(=S)Nc3ccccc3F)cc2)O[C@@H]2O[C@@]3(C)CC[C@H]4[C@H](C)CC[C@@H]1[C@@]24OO3. The summed E-state index contributed by atoms with van der Waals surface area (Å²) in [6.07, 6.45) is 4.53. The average Bonchev–Trinajstić information content (AvgIpc) is 3.15. The molecule has 39 heavy (non-hydrogen) atoms. The highest BCUT2D eigenvalue weighted by Crippen LogP contribution is 2.60. The smallest absolute Gasteiger partial charge is 0.205 e. The third-order valence-electron chi connectivity index (χ3n) is 8.73. The minimum atomic E-state index is -0.815. The molecule has 1 aliphatic carbocycles. The molecule has 8 atom stereocenters. The molecule has 5 fully saturated rings. The summed E-state index contributed by atoms with van der Waals surface area (Å²) in [5, 5.41) is 7.11. The maximum absolute atomic E-state index is 13.8. The molecule has 4 saturated heterocycles. The summed E-state index contributed by atoms with van der Waals surface area (Å²) in [5.41, 5.74) is 3.21. The molecule has 4 aliphatic heterocycles. The number of rotatable bonds is 5. The van der Waals surface area contributed by atoms with Gasteiger partial charge in [-0.1, -0.05) is 26.0 Å². The van der Waals surface area contributed by atoms with Crippen molar-refractivity contribution in [3.05, 3.63) is 59.9 Å². The van der Waals surface area contributed by atoms with Gasteiger partial charge in [0.15, 0.2) is 17.0 Å². The number of hydrogen-bond acceptors (Lipinski definition) is 7. The van der Waals surface area contributed by atoms with Crippen LogP contribution in [-0.4, -0.2) is 35.3 Å². The Morgan fingerprint density at radius 3 is 2.67 bits per heavy atom. The van der Waals surface area contributed by atoms with Gasteiger partial charge in [-0.05, 0) is 92.2 Å². The minimum absolute atomic E-state index is 0.0827. The second-order valence-electron chi connectivity index (χ2n) is 11.3. The Bertz CT molecular complexity index is 1250. The lowest BCUT2D eigenvalue weighted by molar-refractivity contribution is -0.575. The first-order valence-corrected chi connectivity index (χ1v) is 14.0. The zero-order valence-electron chi connectivity index (χ0n) is 22.3. The number of hydrazone groups is 1. The van der Waals surface area contributed by atoms with Crippen LogP contribution in [0.4, 0.5) is 10.1 Å². The fourth-order valence-electron chi connectivity index (χ4n) is 6.65. The van der Waals surface area contributed by atoms with E-state index in [1.54, 1.807) is 24.4 Å². The Morgan fingerprint density at radius 1 is 1.08 bits per heavy atom. The van der Waals surface area contributed by atoms with E-state index >= 15 is 0 Å². The largest absolute Gasteiger partial charge is 0.465 e. The highest BCUT2D eigenvalue weighted by atomic mass is 32.1. The van der Waals surface area contributed by atoms with Crippen LogP contribution in [0.5, 0.6) is 5.75 Å². The summed E-state index contributed by atoms with van der Waals surface area (Å²) in [5.74, 6) is 0.592. The maximum atomic E-state index is 13.8. The lowest BCUT2D eigenvalue weighted by atomic mass is 9.58. The Kier molecular flexibility index (Phi) is 7.09. The summed E-state index contributed by atoms with van der Waals surface area (Å²) in [6.45, 7) is 6.39. The van der Waals surface area contributed by atoms with Gasteiger partial charge in [-0.2, -0.15) is 5.10 Å². The fourth-order valence-corrected chi connectivity index (χ4v) is 6.81. The van der Waals surface area contributed by atoms with E-state index in [0.717, 1.165) is 31.2 Å². The number of para-hydroxylation sites is 1. The fraction of sp³-hybridized carbons (Fsp3) is 0.517. The molecule has 4 heterocycles. The number of nitrogens with zero attached hydrogens (tertiary/aromatic N) is 1. The average molecular weight is 556 g/mol. The predicted octanol–water partition coefficient (Wildman–Crippen LogP) is 5.73. The first kappa shape index (κ1) is 26.6. The van der Waals surface area contributed by atoms with E-state index in [-0.39, 0.29) is 22.6 Å². The van der Waals surface area contributed by atoms with E-state index in [4.69, 9.17) is 36.2 Å². The summed E-state index contributed by atoms with van der Waals surface area (Å²) in [4.78, 5) is 12.1. The molecule has 0 radical (unpaired) electrons. The quantitative estimate of drug-likeness (QED) is 0.209. The molecular weight excluding hydrogens is 521 g/mol. The normalized spacial score (nSPS) is 37.1. The lowest BCUT2D eigenvalue weighted by Gasteiger charge is -2.60. The molecule has 208 valence electrons. The van der Waals surface area contributed by atoms with Crippen molar-refractivity contribution in [3.8, 4) is 5.75 Å². The van der Waals surface area contributed by atoms with Crippen LogP contribution in [0.1, 0.15) is 52.0 Å². The molecule has 7 rings (SSSR count). The van der Waals surface area contributed by atoms with E-state index < -0.39 is 29.8 Å². The van der Waals surface area contributed by atoms with Gasteiger partial charge in [-0.25, -0.2) is 14.2 Å². The topological polar surface area (TPSA) is 82.6 Å². The van der Waals surface area contributed by atoms with Gasteiger partial charge in [0.2, 0.25) is 12.1 Å². The van der Waals surface area contributed by atoms with Gasteiger partial charge in [0.1, 0.15) is 11.6 Å². The standard InChI is InChI=1S/C29H34FN3O5S/c1-17-8-13-22-18(2)25(35-26-29(22)21(17)14-15-28(3,36-26)37-38-29)34-20-11-9-19(10-12-20)16-31-33-27(39)32-24-7-5-4-6-23(24)30/h4-7,9-12,16-18,21-22,25-26H,8,13-15H2,1-3H3,(H2,32,33,39)/b31-16+/t17-,18-,21+,22+,25+,26-,28-,29-/m1/s1. The third kappa shape index (κ3) is 4.93. The number of hydrogen-bond donors (Lipinski definition) is 2. The number of ether oxygens (including phenoxy) is 3. The Labute approximate surface area is 233 Å². The summed E-state index contributed by atoms with van der Waals surface area (Å²) < 4.78 is 33.1. The van der Waals surface area contributed by atoms with Gasteiger partial charge in [-0.3, -0.25) is 5.43 Å². The zero-order chi connectivity index (χ0) is 27.2. The van der Waals surface area contributed by atoms with E-state index in [1.807, 2.05) is 31.2 Å². The number of nitrogens with one attached hydrogen (secondary N) is 2. The van der Waals surface area contributed by atoms with Crippen molar-refractivity contribution < 1.29 is 28.4 Å². The second kappa shape index (κ2) is 10.4. The Hall–Kier alpha value is -2.63. The van der Waals surface area contributed by atoms with E-state index in [1.165, 1.54) is 6.07 Å². The molecule has 2 bridgehead atoms. The Morgan fingerprint density at radius 2 is 1.87 bits per heavy atom. The van der Waals surface area contributed by atoms with Gasteiger partial charge in [0, 0.05) is 18.3 Å². The number of halogens is 1. The van der Waals surface area contributed by atoms with Crippen LogP contribution in [0.25, 0.3) is 0 Å². The summed E-state index contributed by atoms with van der Waals surface area (Å²) in [7, 11) is 0. The van der Waals surface area contributed by atoms with E-state index in [0.29, 0.717) is 17.6 Å². The van der Waals surface area contributed by atoms with Gasteiger partial charge < -0.3 is 19.5 Å². The highest BCUT2D eigenvalue weighted by Gasteiger charge is 2.69.